The third kappa shape index (κ3) is 3.84. The van der Waals surface area contributed by atoms with Crippen LogP contribution < -0.4 is 14.4 Å². The van der Waals surface area contributed by atoms with Crippen LogP contribution in [0.4, 0.5) is 5.69 Å². The number of carbonyl (C=O) groups excluding carboxylic acids is 1. The molecule has 2 aromatic carbocycles. The van der Waals surface area contributed by atoms with Gasteiger partial charge in [0.15, 0.2) is 17.3 Å². The summed E-state index contributed by atoms with van der Waals surface area (Å²) >= 11 is 0. The van der Waals surface area contributed by atoms with Gasteiger partial charge in [-0.05, 0) is 47.5 Å². The Labute approximate surface area is 141 Å². The number of ether oxygens (including phenoxy) is 2. The molecular formula is C20H19NO3. The van der Waals surface area contributed by atoms with Crippen LogP contribution >= 0.6 is 0 Å². The summed E-state index contributed by atoms with van der Waals surface area (Å²) in [6.45, 7) is 0.247. The average molecular weight is 321 g/mol. The van der Waals surface area contributed by atoms with Crippen LogP contribution in [-0.2, 0) is 4.79 Å². The smallest absolute Gasteiger partial charge is 0.231 e. The van der Waals surface area contributed by atoms with Gasteiger partial charge in [-0.2, -0.15) is 0 Å². The van der Waals surface area contributed by atoms with E-state index < -0.39 is 0 Å². The SMILES string of the molecule is CN(C)c1ccc(/C=C/C(=O)/C=C/c2ccc3c(c2)OCO3)cc1. The molecule has 0 fully saturated rings. The summed E-state index contributed by atoms with van der Waals surface area (Å²) in [5.41, 5.74) is 3.02. The van der Waals surface area contributed by atoms with E-state index in [4.69, 9.17) is 9.47 Å². The number of nitrogens with zero attached hydrogens (tertiary/aromatic N) is 1. The van der Waals surface area contributed by atoms with E-state index in [1.165, 1.54) is 0 Å². The van der Waals surface area contributed by atoms with Gasteiger partial charge in [0, 0.05) is 19.8 Å². The lowest BCUT2D eigenvalue weighted by molar-refractivity contribution is -0.110. The first kappa shape index (κ1) is 15.9. The molecule has 0 spiro atoms. The molecule has 24 heavy (non-hydrogen) atoms. The van der Waals surface area contributed by atoms with Gasteiger partial charge in [0.2, 0.25) is 6.79 Å². The second-order valence-corrected chi connectivity index (χ2v) is 5.67. The van der Waals surface area contributed by atoms with Crippen molar-refractivity contribution in [3.8, 4) is 11.5 Å². The van der Waals surface area contributed by atoms with Crippen molar-refractivity contribution in [2.45, 2.75) is 0 Å². The van der Waals surface area contributed by atoms with E-state index in [1.54, 1.807) is 18.2 Å². The van der Waals surface area contributed by atoms with Gasteiger partial charge in [0.1, 0.15) is 0 Å². The van der Waals surface area contributed by atoms with E-state index in [-0.39, 0.29) is 12.6 Å². The number of anilines is 1. The van der Waals surface area contributed by atoms with Gasteiger partial charge in [-0.15, -0.1) is 0 Å². The number of ketones is 1. The van der Waals surface area contributed by atoms with Crippen LogP contribution in [0.25, 0.3) is 12.2 Å². The molecule has 0 bridgehead atoms. The van der Waals surface area contributed by atoms with Crippen LogP contribution in [0, 0.1) is 0 Å². The Balaban J connectivity index is 1.62. The van der Waals surface area contributed by atoms with Gasteiger partial charge >= 0.3 is 0 Å². The van der Waals surface area contributed by atoms with Crippen molar-refractivity contribution < 1.29 is 14.3 Å². The molecule has 0 unspecified atom stereocenters. The van der Waals surface area contributed by atoms with Gasteiger partial charge in [0.25, 0.3) is 0 Å². The Morgan fingerprint density at radius 1 is 0.917 bits per heavy atom. The highest BCUT2D eigenvalue weighted by atomic mass is 16.7. The Hall–Kier alpha value is -3.01. The maximum absolute atomic E-state index is 12.0. The molecule has 0 radical (unpaired) electrons. The van der Waals surface area contributed by atoms with Crippen LogP contribution in [0.3, 0.4) is 0 Å². The van der Waals surface area contributed by atoms with E-state index in [0.717, 1.165) is 22.6 Å². The zero-order valence-corrected chi connectivity index (χ0v) is 13.7. The van der Waals surface area contributed by atoms with Crippen LogP contribution in [0.15, 0.2) is 54.6 Å². The number of carbonyl (C=O) groups is 1. The molecule has 1 aliphatic heterocycles. The predicted molar refractivity (Wildman–Crippen MR) is 96.4 cm³/mol. The predicted octanol–water partition coefficient (Wildman–Crippen LogP) is 3.78. The lowest BCUT2D eigenvalue weighted by Crippen LogP contribution is -2.07. The van der Waals surface area contributed by atoms with Crippen LogP contribution in [0.5, 0.6) is 11.5 Å². The van der Waals surface area contributed by atoms with Crippen molar-refractivity contribution in [3.05, 3.63) is 65.7 Å². The van der Waals surface area contributed by atoms with Gasteiger partial charge in [-0.3, -0.25) is 4.79 Å². The first-order chi connectivity index (χ1) is 11.6. The van der Waals surface area contributed by atoms with Crippen LogP contribution in [-0.4, -0.2) is 26.7 Å². The van der Waals surface area contributed by atoms with Crippen molar-refractivity contribution in [2.75, 3.05) is 25.8 Å². The minimum Gasteiger partial charge on any atom is -0.454 e. The van der Waals surface area contributed by atoms with Gasteiger partial charge < -0.3 is 14.4 Å². The normalized spacial score (nSPS) is 12.9. The minimum absolute atomic E-state index is 0.0654. The summed E-state index contributed by atoms with van der Waals surface area (Å²) in [5, 5.41) is 0. The van der Waals surface area contributed by atoms with Gasteiger partial charge in [0.05, 0.1) is 0 Å². The molecule has 0 N–H and O–H groups in total. The molecule has 0 aromatic heterocycles. The number of hydrogen-bond acceptors (Lipinski definition) is 4. The van der Waals surface area contributed by atoms with Gasteiger partial charge in [-0.1, -0.05) is 30.4 Å². The Bertz CT molecular complexity index is 789. The maximum Gasteiger partial charge on any atom is 0.231 e. The molecule has 122 valence electrons. The van der Waals surface area contributed by atoms with E-state index in [0.29, 0.717) is 5.75 Å². The fraction of sp³-hybridized carbons (Fsp3) is 0.150. The summed E-state index contributed by atoms with van der Waals surface area (Å²) in [7, 11) is 3.99. The quantitative estimate of drug-likeness (QED) is 0.786. The summed E-state index contributed by atoms with van der Waals surface area (Å²) in [6.07, 6.45) is 6.69. The van der Waals surface area contributed by atoms with E-state index in [9.17, 15) is 4.79 Å². The topological polar surface area (TPSA) is 38.8 Å². The maximum atomic E-state index is 12.0. The molecule has 0 saturated carbocycles. The minimum atomic E-state index is -0.0654. The molecule has 2 aromatic rings. The zero-order valence-electron chi connectivity index (χ0n) is 13.7. The second-order valence-electron chi connectivity index (χ2n) is 5.67. The molecule has 1 aliphatic rings. The number of hydrogen-bond donors (Lipinski definition) is 0. The third-order valence-electron chi connectivity index (χ3n) is 3.69. The van der Waals surface area contributed by atoms with E-state index >= 15 is 0 Å². The van der Waals surface area contributed by atoms with E-state index in [2.05, 4.69) is 0 Å². The average Bonchev–Trinajstić information content (AvgIpc) is 3.06. The molecular weight excluding hydrogens is 302 g/mol. The second kappa shape index (κ2) is 7.04. The molecule has 0 saturated heterocycles. The van der Waals surface area contributed by atoms with Gasteiger partial charge in [-0.25, -0.2) is 0 Å². The molecule has 0 atom stereocenters. The zero-order chi connectivity index (χ0) is 16.9. The molecule has 4 heteroatoms. The highest BCUT2D eigenvalue weighted by molar-refractivity contribution is 6.04. The molecule has 1 heterocycles. The highest BCUT2D eigenvalue weighted by Crippen LogP contribution is 2.32. The number of rotatable bonds is 5. The van der Waals surface area contributed by atoms with E-state index in [1.807, 2.05) is 67.5 Å². The summed E-state index contributed by atoms with van der Waals surface area (Å²) in [6, 6.07) is 13.6. The van der Waals surface area contributed by atoms with Crippen LogP contribution in [0.1, 0.15) is 11.1 Å². The lowest BCUT2D eigenvalue weighted by Gasteiger charge is -2.11. The molecule has 3 rings (SSSR count). The first-order valence-electron chi connectivity index (χ1n) is 7.69. The fourth-order valence-corrected chi connectivity index (χ4v) is 2.31. The monoisotopic (exact) mass is 321 g/mol. The van der Waals surface area contributed by atoms with Crippen molar-refractivity contribution in [3.63, 3.8) is 0 Å². The molecule has 0 aliphatic carbocycles. The third-order valence-corrected chi connectivity index (χ3v) is 3.69. The largest absolute Gasteiger partial charge is 0.454 e. The van der Waals surface area contributed by atoms with Crippen molar-refractivity contribution in [1.82, 2.24) is 0 Å². The Morgan fingerprint density at radius 2 is 1.54 bits per heavy atom. The Kier molecular flexibility index (Phi) is 4.66. The lowest BCUT2D eigenvalue weighted by atomic mass is 10.1. The standard InChI is InChI=1S/C20H19NO3/c1-21(2)17-8-3-15(4-9-17)5-10-18(22)11-6-16-7-12-19-20(13-16)24-14-23-19/h3-13H,14H2,1-2H3/b10-5+,11-6+. The van der Waals surface area contributed by atoms with Crippen molar-refractivity contribution >= 4 is 23.6 Å². The number of allylic oxidation sites excluding steroid dienone is 2. The number of fused-ring (bicyclic) bond motifs is 1. The van der Waals surface area contributed by atoms with Crippen LogP contribution in [0.2, 0.25) is 0 Å². The molecule has 0 amide bonds. The fourth-order valence-electron chi connectivity index (χ4n) is 2.31. The summed E-state index contributed by atoms with van der Waals surface area (Å²) in [5.74, 6) is 1.38. The summed E-state index contributed by atoms with van der Waals surface area (Å²) in [4.78, 5) is 14.0. The van der Waals surface area contributed by atoms with Crippen molar-refractivity contribution in [2.24, 2.45) is 0 Å². The first-order valence-corrected chi connectivity index (χ1v) is 7.69. The van der Waals surface area contributed by atoms with Crippen molar-refractivity contribution in [1.29, 1.82) is 0 Å². The number of benzene rings is 2. The Morgan fingerprint density at radius 3 is 2.25 bits per heavy atom. The highest BCUT2D eigenvalue weighted by Gasteiger charge is 2.12. The summed E-state index contributed by atoms with van der Waals surface area (Å²) < 4.78 is 10.6. The molecule has 4 nitrogen and oxygen atoms in total.